The summed E-state index contributed by atoms with van der Waals surface area (Å²) in [6, 6.07) is 9.57. The van der Waals surface area contributed by atoms with Gasteiger partial charge in [-0.2, -0.15) is 0 Å². The average molecular weight is 268 g/mol. The van der Waals surface area contributed by atoms with Crippen LogP contribution < -0.4 is 4.74 Å². The molecule has 0 amide bonds. The second kappa shape index (κ2) is 5.37. The van der Waals surface area contributed by atoms with Crippen LogP contribution in [-0.2, 0) is 0 Å². The van der Waals surface area contributed by atoms with Crippen molar-refractivity contribution in [1.29, 1.82) is 0 Å². The minimum atomic E-state index is -1.11. The summed E-state index contributed by atoms with van der Waals surface area (Å²) in [6.45, 7) is 0. The second-order valence-electron chi connectivity index (χ2n) is 4.06. The summed E-state index contributed by atoms with van der Waals surface area (Å²) in [5.74, 6) is 1.50. The van der Waals surface area contributed by atoms with Crippen LogP contribution >= 0.6 is 0 Å². The number of carboxylic acid groups (broad SMARTS) is 1. The van der Waals surface area contributed by atoms with E-state index in [9.17, 15) is 15.0 Å². The van der Waals surface area contributed by atoms with Crippen molar-refractivity contribution in [2.75, 3.05) is 7.11 Å². The number of aromatic carboxylic acids is 1. The third-order valence-corrected chi connectivity index (χ3v) is 2.92. The van der Waals surface area contributed by atoms with Crippen LogP contribution in [0.15, 0.2) is 36.4 Å². The molecule has 0 aromatic heterocycles. The van der Waals surface area contributed by atoms with Gasteiger partial charge in [0.15, 0.2) is 11.5 Å². The Kier molecular flexibility index (Phi) is 3.62. The molecule has 0 saturated heterocycles. The highest BCUT2D eigenvalue weighted by Crippen LogP contribution is 2.33. The van der Waals surface area contributed by atoms with E-state index in [0.29, 0.717) is 22.4 Å². The maximum Gasteiger partial charge on any atom is 0.337 e. The lowest BCUT2D eigenvalue weighted by Crippen LogP contribution is -2.03. The topological polar surface area (TPSA) is 66.8 Å². The third-order valence-electron chi connectivity index (χ3n) is 2.92. The fourth-order valence-corrected chi connectivity index (χ4v) is 2.00. The molecular weight excluding hydrogens is 256 g/mol. The van der Waals surface area contributed by atoms with E-state index < -0.39 is 5.97 Å². The van der Waals surface area contributed by atoms with Crippen molar-refractivity contribution >= 4 is 5.97 Å². The van der Waals surface area contributed by atoms with E-state index in [0.717, 1.165) is 0 Å². The van der Waals surface area contributed by atoms with Gasteiger partial charge in [0.2, 0.25) is 0 Å². The van der Waals surface area contributed by atoms with Crippen molar-refractivity contribution in [2.24, 2.45) is 0 Å². The first-order valence-electron chi connectivity index (χ1n) is 5.78. The molecule has 0 unspecified atom stereocenters. The van der Waals surface area contributed by atoms with Gasteiger partial charge in [-0.05, 0) is 29.3 Å². The highest BCUT2D eigenvalue weighted by Gasteiger charge is 2.16. The molecule has 2 aromatic rings. The van der Waals surface area contributed by atoms with Crippen LogP contribution in [0.25, 0.3) is 11.1 Å². The molecule has 0 heterocycles. The van der Waals surface area contributed by atoms with Crippen molar-refractivity contribution in [3.63, 3.8) is 0 Å². The van der Waals surface area contributed by atoms with Gasteiger partial charge in [0.1, 0.15) is 0 Å². The highest BCUT2D eigenvalue weighted by molar-refractivity contribution is 5.98. The summed E-state index contributed by atoms with van der Waals surface area (Å²) in [5.41, 5.74) is 1.34. The first-order chi connectivity index (χ1) is 9.58. The summed E-state index contributed by atoms with van der Waals surface area (Å²) in [7, 11) is 1.44. The molecule has 4 nitrogen and oxygen atoms in total. The number of hydrogen-bond acceptors (Lipinski definition) is 3. The molecule has 0 aliphatic rings. The number of benzene rings is 2. The van der Waals surface area contributed by atoms with Crippen LogP contribution in [0.4, 0.5) is 0 Å². The maximum absolute atomic E-state index is 11.4. The number of carboxylic acids is 1. The molecule has 0 fully saturated rings. The van der Waals surface area contributed by atoms with Crippen molar-refractivity contribution in [2.45, 2.75) is 0 Å². The number of phenols is 1. The van der Waals surface area contributed by atoms with Crippen molar-refractivity contribution in [3.05, 3.63) is 47.5 Å². The van der Waals surface area contributed by atoms with Gasteiger partial charge in [-0.3, -0.25) is 0 Å². The molecule has 0 atom stereocenters. The summed E-state index contributed by atoms with van der Waals surface area (Å²) in [6.07, 6.45) is 5.33. The molecule has 0 spiro atoms. The van der Waals surface area contributed by atoms with Crippen molar-refractivity contribution < 1.29 is 19.7 Å². The highest BCUT2D eigenvalue weighted by atomic mass is 16.5. The van der Waals surface area contributed by atoms with Crippen LogP contribution in [0.2, 0.25) is 0 Å². The number of carbonyl (C=O) groups is 1. The number of aromatic hydroxyl groups is 1. The summed E-state index contributed by atoms with van der Waals surface area (Å²) in [5, 5.41) is 19.1. The lowest BCUT2D eigenvalue weighted by molar-refractivity contribution is 0.0697. The van der Waals surface area contributed by atoms with Crippen LogP contribution in [0.3, 0.4) is 0 Å². The number of terminal acetylenes is 1. The zero-order chi connectivity index (χ0) is 14.7. The largest absolute Gasteiger partial charge is 0.504 e. The molecule has 0 aliphatic carbocycles. The number of hydrogen-bond donors (Lipinski definition) is 2. The molecule has 0 radical (unpaired) electrons. The zero-order valence-electron chi connectivity index (χ0n) is 10.8. The summed E-state index contributed by atoms with van der Waals surface area (Å²) >= 11 is 0. The van der Waals surface area contributed by atoms with Crippen LogP contribution in [0, 0.1) is 12.3 Å². The SMILES string of the molecule is C#Cc1cccc(-c2ccc(OC)c(O)c2)c1C(=O)O. The van der Waals surface area contributed by atoms with Gasteiger partial charge in [0.25, 0.3) is 0 Å². The Bertz CT molecular complexity index is 711. The van der Waals surface area contributed by atoms with Gasteiger partial charge in [0, 0.05) is 5.56 Å². The monoisotopic (exact) mass is 268 g/mol. The molecule has 20 heavy (non-hydrogen) atoms. The predicted molar refractivity (Wildman–Crippen MR) is 75.0 cm³/mol. The van der Waals surface area contributed by atoms with E-state index in [2.05, 4.69) is 5.92 Å². The lowest BCUT2D eigenvalue weighted by Gasteiger charge is -2.10. The fourth-order valence-electron chi connectivity index (χ4n) is 2.00. The van der Waals surface area contributed by atoms with E-state index in [-0.39, 0.29) is 11.3 Å². The lowest BCUT2D eigenvalue weighted by atomic mass is 9.95. The third kappa shape index (κ3) is 2.29. The smallest absolute Gasteiger partial charge is 0.337 e. The summed E-state index contributed by atoms with van der Waals surface area (Å²) < 4.78 is 4.96. The Balaban J connectivity index is 2.67. The second-order valence-corrected chi connectivity index (χ2v) is 4.06. The van der Waals surface area contributed by atoms with E-state index in [1.165, 1.54) is 13.2 Å². The molecule has 0 saturated carbocycles. The Labute approximate surface area is 116 Å². The minimum absolute atomic E-state index is 0.0413. The van der Waals surface area contributed by atoms with Crippen LogP contribution in [0.1, 0.15) is 15.9 Å². The van der Waals surface area contributed by atoms with Crippen molar-refractivity contribution in [3.8, 4) is 35.0 Å². The van der Waals surface area contributed by atoms with E-state index in [1.807, 2.05) is 0 Å². The van der Waals surface area contributed by atoms with Crippen molar-refractivity contribution in [1.82, 2.24) is 0 Å². The maximum atomic E-state index is 11.4. The molecule has 2 rings (SSSR count). The minimum Gasteiger partial charge on any atom is -0.504 e. The summed E-state index contributed by atoms with van der Waals surface area (Å²) in [4.78, 5) is 11.4. The Morgan fingerprint density at radius 3 is 2.60 bits per heavy atom. The average Bonchev–Trinajstić information content (AvgIpc) is 2.46. The van der Waals surface area contributed by atoms with Gasteiger partial charge in [-0.15, -0.1) is 6.42 Å². The molecule has 100 valence electrons. The van der Waals surface area contributed by atoms with Gasteiger partial charge < -0.3 is 14.9 Å². The Morgan fingerprint density at radius 1 is 1.30 bits per heavy atom. The molecule has 2 N–H and O–H groups in total. The number of ether oxygens (including phenoxy) is 1. The van der Waals surface area contributed by atoms with E-state index in [4.69, 9.17) is 11.2 Å². The molecule has 0 aliphatic heterocycles. The zero-order valence-corrected chi connectivity index (χ0v) is 10.8. The first kappa shape index (κ1) is 13.5. The standard InChI is InChI=1S/C16H12O4/c1-3-10-5-4-6-12(15(10)16(18)19)11-7-8-14(20-2)13(17)9-11/h1,4-9,17H,2H3,(H,18,19). The quantitative estimate of drug-likeness (QED) is 0.840. The molecule has 0 bridgehead atoms. The van der Waals surface area contributed by atoms with Gasteiger partial charge in [-0.25, -0.2) is 4.79 Å². The molecule has 2 aromatic carbocycles. The Hall–Kier alpha value is -2.93. The van der Waals surface area contributed by atoms with Gasteiger partial charge in [0.05, 0.1) is 12.7 Å². The number of rotatable bonds is 3. The predicted octanol–water partition coefficient (Wildman–Crippen LogP) is 2.75. The van der Waals surface area contributed by atoms with E-state index in [1.54, 1.807) is 30.3 Å². The Morgan fingerprint density at radius 2 is 2.05 bits per heavy atom. The van der Waals surface area contributed by atoms with E-state index >= 15 is 0 Å². The fraction of sp³-hybridized carbons (Fsp3) is 0.0625. The first-order valence-corrected chi connectivity index (χ1v) is 5.78. The molecular formula is C16H12O4. The number of phenolic OH excluding ortho intramolecular Hbond substituents is 1. The van der Waals surface area contributed by atoms with Gasteiger partial charge in [-0.1, -0.05) is 24.1 Å². The number of methoxy groups -OCH3 is 1. The molecule has 4 heteroatoms. The normalized spacial score (nSPS) is 9.80. The van der Waals surface area contributed by atoms with Crippen LogP contribution in [0.5, 0.6) is 11.5 Å². The van der Waals surface area contributed by atoms with Gasteiger partial charge >= 0.3 is 5.97 Å². The van der Waals surface area contributed by atoms with Crippen LogP contribution in [-0.4, -0.2) is 23.3 Å².